The number of ether oxygens (including phenoxy) is 1. The van der Waals surface area contributed by atoms with E-state index in [4.69, 9.17) is 4.74 Å². The van der Waals surface area contributed by atoms with Crippen LogP contribution in [0.4, 0.5) is 5.82 Å². The Hall–Kier alpha value is -2.83. The van der Waals surface area contributed by atoms with Gasteiger partial charge < -0.3 is 15.0 Å². The van der Waals surface area contributed by atoms with Gasteiger partial charge >= 0.3 is 0 Å². The molecule has 1 fully saturated rings. The van der Waals surface area contributed by atoms with Crippen LogP contribution in [0.25, 0.3) is 0 Å². The summed E-state index contributed by atoms with van der Waals surface area (Å²) in [7, 11) is 3.29. The Morgan fingerprint density at radius 3 is 2.89 bits per heavy atom. The van der Waals surface area contributed by atoms with Gasteiger partial charge in [-0.05, 0) is 37.0 Å². The van der Waals surface area contributed by atoms with Crippen LogP contribution in [-0.4, -0.2) is 42.4 Å². The van der Waals surface area contributed by atoms with Gasteiger partial charge in [0.15, 0.2) is 0 Å². The number of nitrogens with zero attached hydrogens (tertiary/aromatic N) is 3. The third kappa shape index (κ3) is 4.67. The molecule has 1 N–H and O–H groups in total. The zero-order valence-electron chi connectivity index (χ0n) is 15.9. The summed E-state index contributed by atoms with van der Waals surface area (Å²) in [5.41, 5.74) is 0.946. The standard InChI is InChI=1S/C20H26N4O3/c1-23-19(25)10-9-18(22-23)24-13-5-7-16(14-24)20(26)21-12-11-15-6-3-4-8-17(15)27-2/h3-4,6,8-10,16H,5,7,11-14H2,1-2H3,(H,21,26). The second-order valence-corrected chi connectivity index (χ2v) is 6.79. The third-order valence-corrected chi connectivity index (χ3v) is 4.95. The number of aryl methyl sites for hydroxylation is 1. The first kappa shape index (κ1) is 18.9. The minimum absolute atomic E-state index is 0.0689. The Balaban J connectivity index is 1.55. The first-order valence-electron chi connectivity index (χ1n) is 9.27. The van der Waals surface area contributed by atoms with E-state index < -0.39 is 0 Å². The molecule has 7 nitrogen and oxygen atoms in total. The van der Waals surface area contributed by atoms with Gasteiger partial charge in [-0.25, -0.2) is 4.68 Å². The molecule has 144 valence electrons. The van der Waals surface area contributed by atoms with E-state index in [1.165, 1.54) is 10.7 Å². The predicted molar refractivity (Wildman–Crippen MR) is 104 cm³/mol. The first-order valence-corrected chi connectivity index (χ1v) is 9.27. The van der Waals surface area contributed by atoms with Gasteiger partial charge in [0, 0.05) is 32.7 Å². The summed E-state index contributed by atoms with van der Waals surface area (Å²) in [6.07, 6.45) is 2.52. The van der Waals surface area contributed by atoms with Crippen molar-refractivity contribution in [2.45, 2.75) is 19.3 Å². The molecular formula is C20H26N4O3. The van der Waals surface area contributed by atoms with Gasteiger partial charge in [0.2, 0.25) is 5.91 Å². The summed E-state index contributed by atoms with van der Waals surface area (Å²) in [6.45, 7) is 2.04. The van der Waals surface area contributed by atoms with Crippen molar-refractivity contribution in [2.24, 2.45) is 13.0 Å². The topological polar surface area (TPSA) is 76.5 Å². The molecular weight excluding hydrogens is 344 g/mol. The highest BCUT2D eigenvalue weighted by molar-refractivity contribution is 5.79. The van der Waals surface area contributed by atoms with Crippen LogP contribution in [0, 0.1) is 5.92 Å². The summed E-state index contributed by atoms with van der Waals surface area (Å²) >= 11 is 0. The van der Waals surface area contributed by atoms with Gasteiger partial charge in [-0.15, -0.1) is 0 Å². The lowest BCUT2D eigenvalue weighted by atomic mass is 9.97. The lowest BCUT2D eigenvalue weighted by molar-refractivity contribution is -0.125. The van der Waals surface area contributed by atoms with E-state index in [0.29, 0.717) is 13.1 Å². The predicted octanol–water partition coefficient (Wildman–Crippen LogP) is 1.36. The molecule has 27 heavy (non-hydrogen) atoms. The Bertz CT molecular complexity index is 849. The minimum atomic E-state index is -0.138. The van der Waals surface area contributed by atoms with Crippen LogP contribution < -0.4 is 20.5 Å². The van der Waals surface area contributed by atoms with Gasteiger partial charge in [0.1, 0.15) is 11.6 Å². The lowest BCUT2D eigenvalue weighted by Crippen LogP contribution is -2.44. The molecule has 1 atom stereocenters. The number of methoxy groups -OCH3 is 1. The molecule has 1 amide bonds. The molecule has 3 rings (SSSR count). The van der Waals surface area contributed by atoms with Gasteiger partial charge in [0.05, 0.1) is 13.0 Å². The van der Waals surface area contributed by atoms with E-state index in [1.807, 2.05) is 24.3 Å². The third-order valence-electron chi connectivity index (χ3n) is 4.95. The first-order chi connectivity index (χ1) is 13.1. The van der Waals surface area contributed by atoms with E-state index >= 15 is 0 Å². The molecule has 1 aromatic carbocycles. The number of hydrogen-bond acceptors (Lipinski definition) is 5. The summed E-state index contributed by atoms with van der Waals surface area (Å²) < 4.78 is 6.68. The van der Waals surface area contributed by atoms with E-state index in [-0.39, 0.29) is 17.4 Å². The Morgan fingerprint density at radius 2 is 2.11 bits per heavy atom. The van der Waals surface area contributed by atoms with Crippen LogP contribution in [0.3, 0.4) is 0 Å². The van der Waals surface area contributed by atoms with Crippen molar-refractivity contribution in [3.63, 3.8) is 0 Å². The largest absolute Gasteiger partial charge is 0.496 e. The van der Waals surface area contributed by atoms with Gasteiger partial charge in [-0.2, -0.15) is 5.10 Å². The summed E-state index contributed by atoms with van der Waals surface area (Å²) in [4.78, 5) is 26.2. The number of amides is 1. The average molecular weight is 370 g/mol. The molecule has 1 saturated heterocycles. The molecule has 1 unspecified atom stereocenters. The van der Waals surface area contributed by atoms with Crippen molar-refractivity contribution >= 4 is 11.7 Å². The molecule has 0 spiro atoms. The maximum absolute atomic E-state index is 12.6. The Labute approximate surface area is 158 Å². The fourth-order valence-corrected chi connectivity index (χ4v) is 3.43. The molecule has 2 aromatic rings. The highest BCUT2D eigenvalue weighted by Crippen LogP contribution is 2.21. The number of nitrogens with one attached hydrogen (secondary N) is 1. The Kier molecular flexibility index (Phi) is 6.11. The van der Waals surface area contributed by atoms with Crippen molar-refractivity contribution in [2.75, 3.05) is 31.6 Å². The number of carbonyl (C=O) groups excluding carboxylic acids is 1. The van der Waals surface area contributed by atoms with Crippen molar-refractivity contribution in [1.82, 2.24) is 15.1 Å². The van der Waals surface area contributed by atoms with E-state index in [0.717, 1.165) is 42.9 Å². The van der Waals surface area contributed by atoms with Crippen molar-refractivity contribution in [3.05, 3.63) is 52.3 Å². The number of hydrogen-bond donors (Lipinski definition) is 1. The van der Waals surface area contributed by atoms with Gasteiger partial charge in [-0.1, -0.05) is 18.2 Å². The molecule has 0 radical (unpaired) electrons. The van der Waals surface area contributed by atoms with Crippen LogP contribution in [0.15, 0.2) is 41.2 Å². The second kappa shape index (κ2) is 8.70. The van der Waals surface area contributed by atoms with Crippen molar-refractivity contribution in [3.8, 4) is 5.75 Å². The summed E-state index contributed by atoms with van der Waals surface area (Å²) in [6, 6.07) is 11.1. The highest BCUT2D eigenvalue weighted by atomic mass is 16.5. The quantitative estimate of drug-likeness (QED) is 0.831. The van der Waals surface area contributed by atoms with E-state index in [2.05, 4.69) is 15.3 Å². The van der Waals surface area contributed by atoms with Gasteiger partial charge in [0.25, 0.3) is 5.56 Å². The van der Waals surface area contributed by atoms with Gasteiger partial charge in [-0.3, -0.25) is 9.59 Å². The van der Waals surface area contributed by atoms with Crippen LogP contribution >= 0.6 is 0 Å². The van der Waals surface area contributed by atoms with E-state index in [1.54, 1.807) is 20.2 Å². The molecule has 1 aliphatic heterocycles. The zero-order valence-corrected chi connectivity index (χ0v) is 15.9. The minimum Gasteiger partial charge on any atom is -0.496 e. The molecule has 1 aliphatic rings. The maximum Gasteiger partial charge on any atom is 0.266 e. The number of piperidine rings is 1. The highest BCUT2D eigenvalue weighted by Gasteiger charge is 2.26. The number of carbonyl (C=O) groups is 1. The van der Waals surface area contributed by atoms with Crippen LogP contribution in [0.5, 0.6) is 5.75 Å². The molecule has 0 saturated carbocycles. The number of benzene rings is 1. The lowest BCUT2D eigenvalue weighted by Gasteiger charge is -2.32. The van der Waals surface area contributed by atoms with Crippen LogP contribution in [-0.2, 0) is 18.3 Å². The molecule has 7 heteroatoms. The zero-order chi connectivity index (χ0) is 19.2. The summed E-state index contributed by atoms with van der Waals surface area (Å²) in [5, 5.41) is 7.34. The fraction of sp³-hybridized carbons (Fsp3) is 0.450. The van der Waals surface area contributed by atoms with Crippen LogP contribution in [0.1, 0.15) is 18.4 Å². The monoisotopic (exact) mass is 370 g/mol. The number of aromatic nitrogens is 2. The molecule has 0 aliphatic carbocycles. The second-order valence-electron chi connectivity index (χ2n) is 6.79. The van der Waals surface area contributed by atoms with E-state index in [9.17, 15) is 9.59 Å². The number of para-hydroxylation sites is 1. The van der Waals surface area contributed by atoms with Crippen molar-refractivity contribution < 1.29 is 9.53 Å². The van der Waals surface area contributed by atoms with Crippen LogP contribution in [0.2, 0.25) is 0 Å². The number of anilines is 1. The molecule has 2 heterocycles. The fourth-order valence-electron chi connectivity index (χ4n) is 3.43. The van der Waals surface area contributed by atoms with Crippen molar-refractivity contribution in [1.29, 1.82) is 0 Å². The average Bonchev–Trinajstić information content (AvgIpc) is 2.70. The normalized spacial score (nSPS) is 16.8. The maximum atomic E-state index is 12.6. The SMILES string of the molecule is COc1ccccc1CCNC(=O)C1CCCN(c2ccc(=O)n(C)n2)C1. The molecule has 0 bridgehead atoms. The summed E-state index contributed by atoms with van der Waals surface area (Å²) in [5.74, 6) is 1.58. The Morgan fingerprint density at radius 1 is 1.30 bits per heavy atom. The molecule has 1 aromatic heterocycles. The smallest absolute Gasteiger partial charge is 0.266 e. The number of rotatable bonds is 6.